The lowest BCUT2D eigenvalue weighted by Crippen LogP contribution is -2.02. The smallest absolute Gasteiger partial charge is 0.269 e. The van der Waals surface area contributed by atoms with Gasteiger partial charge in [0.1, 0.15) is 11.4 Å². The molecule has 0 spiro atoms. The molecule has 1 heterocycles. The minimum Gasteiger partial charge on any atom is -0.506 e. The van der Waals surface area contributed by atoms with Crippen molar-refractivity contribution in [1.29, 1.82) is 0 Å². The summed E-state index contributed by atoms with van der Waals surface area (Å²) in [4.78, 5) is 14.3. The van der Waals surface area contributed by atoms with Gasteiger partial charge in [0.05, 0.1) is 11.5 Å². The summed E-state index contributed by atoms with van der Waals surface area (Å²) in [5.41, 5.74) is 2.13. The summed E-state index contributed by atoms with van der Waals surface area (Å²) in [6.45, 7) is 2.19. The van der Waals surface area contributed by atoms with Crippen molar-refractivity contribution in [3.05, 3.63) is 57.9 Å². The zero-order chi connectivity index (χ0) is 13.8. The Balaban J connectivity index is 2.06. The number of nitro groups is 1. The molecule has 98 valence electrons. The van der Waals surface area contributed by atoms with Crippen molar-refractivity contribution in [2.45, 2.75) is 13.5 Å². The van der Waals surface area contributed by atoms with Crippen LogP contribution in [0.15, 0.2) is 36.4 Å². The van der Waals surface area contributed by atoms with Crippen LogP contribution in [0, 0.1) is 17.0 Å². The number of anilines is 1. The minimum atomic E-state index is -0.447. The fourth-order valence-electron chi connectivity index (χ4n) is 1.62. The summed E-state index contributed by atoms with van der Waals surface area (Å²) in [5, 5.41) is 23.2. The van der Waals surface area contributed by atoms with Crippen LogP contribution in [0.3, 0.4) is 0 Å². The number of nitro benzene ring substituents is 1. The molecule has 2 rings (SSSR count). The Morgan fingerprint density at radius 3 is 2.58 bits per heavy atom. The van der Waals surface area contributed by atoms with Crippen molar-refractivity contribution in [2.75, 3.05) is 5.32 Å². The molecule has 2 N–H and O–H groups in total. The second-order valence-electron chi connectivity index (χ2n) is 4.08. The van der Waals surface area contributed by atoms with Crippen molar-refractivity contribution in [3.63, 3.8) is 0 Å². The molecule has 1 aromatic carbocycles. The van der Waals surface area contributed by atoms with Crippen LogP contribution in [0.1, 0.15) is 11.4 Å². The molecule has 0 aliphatic rings. The van der Waals surface area contributed by atoms with E-state index in [0.29, 0.717) is 12.2 Å². The van der Waals surface area contributed by atoms with Gasteiger partial charge >= 0.3 is 0 Å². The first-order valence-electron chi connectivity index (χ1n) is 5.70. The second-order valence-corrected chi connectivity index (χ2v) is 4.08. The first-order valence-corrected chi connectivity index (χ1v) is 5.70. The van der Waals surface area contributed by atoms with Gasteiger partial charge < -0.3 is 10.4 Å². The van der Waals surface area contributed by atoms with Crippen molar-refractivity contribution in [2.24, 2.45) is 0 Å². The van der Waals surface area contributed by atoms with E-state index in [0.717, 1.165) is 11.4 Å². The highest BCUT2D eigenvalue weighted by atomic mass is 16.6. The molecule has 6 nitrogen and oxygen atoms in total. The average molecular weight is 259 g/mol. The molecule has 19 heavy (non-hydrogen) atoms. The number of pyridine rings is 1. The Hall–Kier alpha value is -2.63. The largest absolute Gasteiger partial charge is 0.506 e. The van der Waals surface area contributed by atoms with Crippen molar-refractivity contribution < 1.29 is 10.0 Å². The molecule has 2 aromatic rings. The normalized spacial score (nSPS) is 10.2. The highest BCUT2D eigenvalue weighted by Gasteiger charge is 2.05. The van der Waals surface area contributed by atoms with Gasteiger partial charge in [0, 0.05) is 23.5 Å². The van der Waals surface area contributed by atoms with Crippen LogP contribution >= 0.6 is 0 Å². The van der Waals surface area contributed by atoms with E-state index in [4.69, 9.17) is 0 Å². The van der Waals surface area contributed by atoms with E-state index in [2.05, 4.69) is 10.3 Å². The van der Waals surface area contributed by atoms with Crippen LogP contribution in [-0.2, 0) is 6.54 Å². The second kappa shape index (κ2) is 5.34. The number of non-ortho nitro benzene ring substituents is 1. The Kier molecular flexibility index (Phi) is 3.61. The Morgan fingerprint density at radius 2 is 1.95 bits per heavy atom. The van der Waals surface area contributed by atoms with Gasteiger partial charge in [-0.1, -0.05) is 0 Å². The third-order valence-corrected chi connectivity index (χ3v) is 2.63. The van der Waals surface area contributed by atoms with E-state index in [1.54, 1.807) is 24.3 Å². The van der Waals surface area contributed by atoms with Crippen LogP contribution in [0.5, 0.6) is 5.75 Å². The fraction of sp³-hybridized carbons (Fsp3) is 0.154. The van der Waals surface area contributed by atoms with Crippen LogP contribution in [-0.4, -0.2) is 15.0 Å². The van der Waals surface area contributed by atoms with Crippen molar-refractivity contribution >= 4 is 11.4 Å². The summed E-state index contributed by atoms with van der Waals surface area (Å²) < 4.78 is 0. The number of nitrogens with zero attached hydrogens (tertiary/aromatic N) is 2. The maximum Gasteiger partial charge on any atom is 0.269 e. The number of nitrogens with one attached hydrogen (secondary N) is 1. The van der Waals surface area contributed by atoms with Crippen molar-refractivity contribution in [3.8, 4) is 5.75 Å². The van der Waals surface area contributed by atoms with Crippen molar-refractivity contribution in [1.82, 2.24) is 4.98 Å². The summed E-state index contributed by atoms with van der Waals surface area (Å²) in [7, 11) is 0. The molecule has 0 saturated carbocycles. The lowest BCUT2D eigenvalue weighted by Gasteiger charge is -2.08. The number of aromatic nitrogens is 1. The molecule has 0 aliphatic heterocycles. The predicted molar refractivity (Wildman–Crippen MR) is 71.1 cm³/mol. The van der Waals surface area contributed by atoms with E-state index in [9.17, 15) is 15.2 Å². The molecule has 0 unspecified atom stereocenters. The lowest BCUT2D eigenvalue weighted by atomic mass is 10.2. The molecule has 0 atom stereocenters. The van der Waals surface area contributed by atoms with E-state index in [-0.39, 0.29) is 11.4 Å². The molecule has 0 aliphatic carbocycles. The van der Waals surface area contributed by atoms with E-state index in [1.165, 1.54) is 12.1 Å². The Bertz CT molecular complexity index is 597. The third-order valence-electron chi connectivity index (χ3n) is 2.63. The van der Waals surface area contributed by atoms with Gasteiger partial charge in [-0.3, -0.25) is 15.1 Å². The lowest BCUT2D eigenvalue weighted by molar-refractivity contribution is -0.384. The monoisotopic (exact) mass is 259 g/mol. The van der Waals surface area contributed by atoms with Gasteiger partial charge in [-0.2, -0.15) is 0 Å². The van der Waals surface area contributed by atoms with Gasteiger partial charge in [-0.15, -0.1) is 0 Å². The molecule has 0 saturated heterocycles. The number of aromatic hydroxyl groups is 1. The number of benzene rings is 1. The van der Waals surface area contributed by atoms with Gasteiger partial charge in [-0.25, -0.2) is 0 Å². The van der Waals surface area contributed by atoms with Crippen LogP contribution in [0.25, 0.3) is 0 Å². The molecule has 0 fully saturated rings. The first kappa shape index (κ1) is 12.8. The van der Waals surface area contributed by atoms with Crippen LogP contribution in [0.2, 0.25) is 0 Å². The molecule has 0 amide bonds. The summed E-state index contributed by atoms with van der Waals surface area (Å²) in [6.07, 6.45) is 0. The molecule has 6 heteroatoms. The Morgan fingerprint density at radius 1 is 1.26 bits per heavy atom. The number of rotatable bonds is 4. The first-order chi connectivity index (χ1) is 9.06. The quantitative estimate of drug-likeness (QED) is 0.650. The maximum absolute atomic E-state index is 10.5. The zero-order valence-electron chi connectivity index (χ0n) is 10.3. The average Bonchev–Trinajstić information content (AvgIpc) is 2.40. The fourth-order valence-corrected chi connectivity index (χ4v) is 1.62. The van der Waals surface area contributed by atoms with Gasteiger partial charge in [-0.05, 0) is 31.2 Å². The molecular formula is C13H13N3O3. The number of aryl methyl sites for hydroxylation is 1. The highest BCUT2D eigenvalue weighted by Crippen LogP contribution is 2.19. The summed E-state index contributed by atoms with van der Waals surface area (Å²) in [6, 6.07) is 9.40. The highest BCUT2D eigenvalue weighted by molar-refractivity contribution is 5.49. The van der Waals surface area contributed by atoms with Gasteiger partial charge in [0.15, 0.2) is 0 Å². The standard InChI is InChI=1S/C13H13N3O3/c1-9-2-7-13(17)12(15-9)8-14-10-3-5-11(6-4-10)16(18)19/h2-7,14,17H,8H2,1H3. The third kappa shape index (κ3) is 3.19. The zero-order valence-corrected chi connectivity index (χ0v) is 10.3. The summed E-state index contributed by atoms with van der Waals surface area (Å²) >= 11 is 0. The van der Waals surface area contributed by atoms with E-state index >= 15 is 0 Å². The number of hydrogen-bond acceptors (Lipinski definition) is 5. The topological polar surface area (TPSA) is 88.3 Å². The van der Waals surface area contributed by atoms with Gasteiger partial charge in [0.2, 0.25) is 0 Å². The molecule has 0 radical (unpaired) electrons. The number of hydrogen-bond donors (Lipinski definition) is 2. The minimum absolute atomic E-state index is 0.0436. The van der Waals surface area contributed by atoms with Crippen LogP contribution in [0.4, 0.5) is 11.4 Å². The molecular weight excluding hydrogens is 246 g/mol. The van der Waals surface area contributed by atoms with E-state index in [1.807, 2.05) is 6.92 Å². The molecule has 0 bridgehead atoms. The predicted octanol–water partition coefficient (Wildman–Crippen LogP) is 2.62. The molecule has 1 aromatic heterocycles. The Labute approximate surface area is 109 Å². The van der Waals surface area contributed by atoms with Gasteiger partial charge in [0.25, 0.3) is 5.69 Å². The van der Waals surface area contributed by atoms with E-state index < -0.39 is 4.92 Å². The summed E-state index contributed by atoms with van der Waals surface area (Å²) in [5.74, 6) is 0.125. The van der Waals surface area contributed by atoms with Crippen LogP contribution < -0.4 is 5.32 Å². The SMILES string of the molecule is Cc1ccc(O)c(CNc2ccc([N+](=O)[O-])cc2)n1. The maximum atomic E-state index is 10.5.